The molecule has 2 aromatic carbocycles. The van der Waals surface area contributed by atoms with E-state index in [0.29, 0.717) is 34.9 Å². The lowest BCUT2D eigenvalue weighted by Gasteiger charge is -2.47. The van der Waals surface area contributed by atoms with Crippen LogP contribution >= 0.6 is 19.2 Å². The highest BCUT2D eigenvalue weighted by Gasteiger charge is 2.51. The Hall–Kier alpha value is -2.24. The van der Waals surface area contributed by atoms with Gasteiger partial charge in [0.2, 0.25) is 0 Å². The summed E-state index contributed by atoms with van der Waals surface area (Å²) in [6, 6.07) is 14.8. The molecule has 2 heterocycles. The second-order valence-corrected chi connectivity index (χ2v) is 10.4. The molecule has 2 aliphatic rings. The van der Waals surface area contributed by atoms with Crippen LogP contribution < -0.4 is 9.41 Å². The van der Waals surface area contributed by atoms with Gasteiger partial charge >= 0.3 is 7.44 Å². The van der Waals surface area contributed by atoms with Crippen molar-refractivity contribution in [2.24, 2.45) is 4.99 Å². The van der Waals surface area contributed by atoms with E-state index >= 15 is 0 Å². The van der Waals surface area contributed by atoms with Crippen LogP contribution in [-0.2, 0) is 4.57 Å². The van der Waals surface area contributed by atoms with E-state index in [1.54, 1.807) is 7.11 Å². The fraction of sp³-hybridized carbons (Fsp3) is 0.300. The van der Waals surface area contributed by atoms with Crippen molar-refractivity contribution in [3.05, 3.63) is 54.1 Å². The zero-order chi connectivity index (χ0) is 19.7. The predicted molar refractivity (Wildman–Crippen MR) is 115 cm³/mol. The largest absolute Gasteiger partial charge is 0.494 e. The smallest absolute Gasteiger partial charge is 0.319 e. The molecule has 1 unspecified atom stereocenters. The fourth-order valence-electron chi connectivity index (χ4n) is 3.56. The minimum atomic E-state index is -3.36. The van der Waals surface area contributed by atoms with E-state index in [1.807, 2.05) is 60.1 Å². The Morgan fingerprint density at radius 2 is 1.93 bits per heavy atom. The molecule has 6 nitrogen and oxygen atoms in total. The molecule has 0 bridgehead atoms. The highest BCUT2D eigenvalue weighted by atomic mass is 32.2. The van der Waals surface area contributed by atoms with Crippen LogP contribution in [0.1, 0.15) is 23.7 Å². The summed E-state index contributed by atoms with van der Waals surface area (Å²) in [7, 11) is -1.78. The van der Waals surface area contributed by atoms with Gasteiger partial charge in [0, 0.05) is 18.8 Å². The molecule has 0 spiro atoms. The monoisotopic (exact) mass is 415 g/mol. The molecule has 1 saturated heterocycles. The number of amides is 1. The molecule has 1 fully saturated rings. The first-order valence-electron chi connectivity index (χ1n) is 9.25. The maximum absolute atomic E-state index is 14.5. The van der Waals surface area contributed by atoms with E-state index in [-0.39, 0.29) is 5.91 Å². The number of benzene rings is 2. The van der Waals surface area contributed by atoms with Gasteiger partial charge < -0.3 is 9.41 Å². The predicted octanol–water partition coefficient (Wildman–Crippen LogP) is 5.00. The van der Waals surface area contributed by atoms with Crippen LogP contribution in [0, 0.1) is 0 Å². The van der Waals surface area contributed by atoms with E-state index in [0.717, 1.165) is 17.9 Å². The van der Waals surface area contributed by atoms with Crippen LogP contribution in [0.4, 0.5) is 11.4 Å². The SMILES string of the molecule is CCCN1C(=O)c2ccccc2N2CCSC(=Nc3ccccc3OC)P12=O. The van der Waals surface area contributed by atoms with Crippen molar-refractivity contribution in [3.63, 3.8) is 0 Å². The minimum absolute atomic E-state index is 0.188. The summed E-state index contributed by atoms with van der Waals surface area (Å²) in [6.07, 6.45) is 0.721. The highest BCUT2D eigenvalue weighted by molar-refractivity contribution is 8.27. The molecule has 1 atom stereocenters. The van der Waals surface area contributed by atoms with Crippen molar-refractivity contribution >= 4 is 41.3 Å². The summed E-state index contributed by atoms with van der Waals surface area (Å²) < 4.78 is 23.3. The van der Waals surface area contributed by atoms with Crippen LogP contribution in [0.2, 0.25) is 0 Å². The van der Waals surface area contributed by atoms with Crippen molar-refractivity contribution in [1.82, 2.24) is 4.67 Å². The number of fused-ring (bicyclic) bond motifs is 3. The van der Waals surface area contributed by atoms with E-state index in [2.05, 4.69) is 0 Å². The van der Waals surface area contributed by atoms with Gasteiger partial charge in [-0.25, -0.2) is 4.99 Å². The first-order valence-corrected chi connectivity index (χ1v) is 11.9. The molecule has 146 valence electrons. The number of ether oxygens (including phenoxy) is 1. The molecule has 2 aromatic rings. The number of para-hydroxylation sites is 3. The van der Waals surface area contributed by atoms with Gasteiger partial charge in [-0.15, -0.1) is 0 Å². The van der Waals surface area contributed by atoms with E-state index < -0.39 is 7.44 Å². The van der Waals surface area contributed by atoms with Gasteiger partial charge in [-0.05, 0) is 30.7 Å². The zero-order valence-corrected chi connectivity index (χ0v) is 17.6. The first kappa shape index (κ1) is 19.1. The standard InChI is InChI=1S/C20H22N3O3PS/c1-3-12-23-19(24)15-8-4-6-10-17(15)22-13-14-28-20(27(22,23)25)21-16-9-5-7-11-18(16)26-2/h4-11H,3,12-14H2,1-2H3. The summed E-state index contributed by atoms with van der Waals surface area (Å²) in [5.41, 5.74) is 1.95. The molecule has 4 rings (SSSR count). The summed E-state index contributed by atoms with van der Waals surface area (Å²) in [4.78, 5) is 18.5. The summed E-state index contributed by atoms with van der Waals surface area (Å²) in [6.45, 7) is 3.02. The number of hydrogen-bond donors (Lipinski definition) is 0. The van der Waals surface area contributed by atoms with Crippen LogP contribution in [0.15, 0.2) is 53.5 Å². The molecule has 1 amide bonds. The number of aliphatic imine (C=N–C) groups is 1. The summed E-state index contributed by atoms with van der Waals surface area (Å²) in [5.74, 6) is 1.18. The van der Waals surface area contributed by atoms with E-state index in [1.165, 1.54) is 16.4 Å². The minimum Gasteiger partial charge on any atom is -0.494 e. The third kappa shape index (κ3) is 2.93. The Morgan fingerprint density at radius 1 is 1.18 bits per heavy atom. The lowest BCUT2D eigenvalue weighted by atomic mass is 10.1. The number of hydrogen-bond acceptors (Lipinski definition) is 5. The number of thioether (sulfide) groups is 1. The van der Waals surface area contributed by atoms with Crippen molar-refractivity contribution in [3.8, 4) is 5.75 Å². The average molecular weight is 415 g/mol. The second kappa shape index (κ2) is 7.64. The van der Waals surface area contributed by atoms with Gasteiger partial charge in [0.05, 0.1) is 18.4 Å². The van der Waals surface area contributed by atoms with Crippen molar-refractivity contribution < 1.29 is 14.1 Å². The van der Waals surface area contributed by atoms with Crippen molar-refractivity contribution in [2.75, 3.05) is 30.6 Å². The molecule has 0 saturated carbocycles. The van der Waals surface area contributed by atoms with Crippen LogP contribution in [0.25, 0.3) is 0 Å². The zero-order valence-electron chi connectivity index (χ0n) is 15.9. The maximum Gasteiger partial charge on any atom is 0.319 e. The van der Waals surface area contributed by atoms with Gasteiger partial charge in [0.15, 0.2) is 4.78 Å². The Kier molecular flexibility index (Phi) is 5.21. The third-order valence-electron chi connectivity index (χ3n) is 4.82. The quantitative estimate of drug-likeness (QED) is 0.658. The number of anilines is 1. The molecule has 2 aliphatic heterocycles. The first-order chi connectivity index (χ1) is 13.6. The molecule has 0 aliphatic carbocycles. The maximum atomic E-state index is 14.5. The molecular formula is C20H22N3O3PS. The lowest BCUT2D eigenvalue weighted by Crippen LogP contribution is -2.46. The van der Waals surface area contributed by atoms with Gasteiger partial charge in [0.25, 0.3) is 5.91 Å². The van der Waals surface area contributed by atoms with Crippen LogP contribution in [-0.4, -0.2) is 41.3 Å². The molecular weight excluding hydrogens is 393 g/mol. The van der Waals surface area contributed by atoms with Crippen molar-refractivity contribution in [1.29, 1.82) is 0 Å². The number of nitrogens with zero attached hydrogens (tertiary/aromatic N) is 3. The normalized spacial score (nSPS) is 22.8. The van der Waals surface area contributed by atoms with Crippen LogP contribution in [0.5, 0.6) is 5.75 Å². The van der Waals surface area contributed by atoms with Crippen LogP contribution in [0.3, 0.4) is 0 Å². The van der Waals surface area contributed by atoms with E-state index in [9.17, 15) is 9.36 Å². The van der Waals surface area contributed by atoms with Gasteiger partial charge in [-0.2, -0.15) is 0 Å². The van der Waals surface area contributed by atoms with Gasteiger partial charge in [-0.3, -0.25) is 14.0 Å². The van der Waals surface area contributed by atoms with Crippen molar-refractivity contribution in [2.45, 2.75) is 13.3 Å². The number of methoxy groups -OCH3 is 1. The molecule has 28 heavy (non-hydrogen) atoms. The molecule has 0 aromatic heterocycles. The summed E-state index contributed by atoms with van der Waals surface area (Å²) >= 11 is 1.46. The number of rotatable bonds is 4. The fourth-order valence-corrected chi connectivity index (χ4v) is 8.43. The van der Waals surface area contributed by atoms with E-state index in [4.69, 9.17) is 9.73 Å². The molecule has 0 radical (unpaired) electrons. The van der Waals surface area contributed by atoms with Gasteiger partial charge in [0.1, 0.15) is 11.4 Å². The Balaban J connectivity index is 1.90. The average Bonchev–Trinajstić information content (AvgIpc) is 2.72. The Labute approximate surface area is 169 Å². The van der Waals surface area contributed by atoms with Gasteiger partial charge in [-0.1, -0.05) is 43.0 Å². The highest BCUT2D eigenvalue weighted by Crippen LogP contribution is 2.65. The topological polar surface area (TPSA) is 62.2 Å². The lowest BCUT2D eigenvalue weighted by molar-refractivity contribution is 0.0856. The number of carbonyl (C=O) groups excluding carboxylic acids is 1. The Bertz CT molecular complexity index is 994. The second-order valence-electron chi connectivity index (χ2n) is 6.53. The molecule has 8 heteroatoms. The molecule has 0 N–H and O–H groups in total. The summed E-state index contributed by atoms with van der Waals surface area (Å²) in [5, 5.41) is 0. The third-order valence-corrected chi connectivity index (χ3v) is 9.36. The number of carbonyl (C=O) groups is 1. The Morgan fingerprint density at radius 3 is 2.71 bits per heavy atom.